The van der Waals surface area contributed by atoms with Crippen molar-refractivity contribution in [2.24, 2.45) is 0 Å². The lowest BCUT2D eigenvalue weighted by Crippen LogP contribution is -2.08. The van der Waals surface area contributed by atoms with Crippen LogP contribution in [0.2, 0.25) is 0 Å². The van der Waals surface area contributed by atoms with Gasteiger partial charge in [-0.1, -0.05) is 12.1 Å². The van der Waals surface area contributed by atoms with Gasteiger partial charge in [0.2, 0.25) is 0 Å². The minimum absolute atomic E-state index is 0.247. The van der Waals surface area contributed by atoms with Crippen LogP contribution in [0, 0.1) is 0 Å². The Bertz CT molecular complexity index is 1310. The molecule has 4 rings (SSSR count). The van der Waals surface area contributed by atoms with E-state index in [2.05, 4.69) is 4.98 Å². The zero-order valence-corrected chi connectivity index (χ0v) is 18.9. The van der Waals surface area contributed by atoms with E-state index in [4.69, 9.17) is 23.7 Å². The van der Waals surface area contributed by atoms with Gasteiger partial charge in [-0.15, -0.1) is 0 Å². The number of carboxylic acid groups (broad SMARTS) is 1. The quantitative estimate of drug-likeness (QED) is 0.313. The summed E-state index contributed by atoms with van der Waals surface area (Å²) in [5, 5.41) is 11.6. The Balaban J connectivity index is 1.69. The summed E-state index contributed by atoms with van der Waals surface area (Å²) in [6.07, 6.45) is 1.66. The number of carbonyl (C=O) groups is 1. The molecule has 0 saturated heterocycles. The van der Waals surface area contributed by atoms with Gasteiger partial charge in [-0.3, -0.25) is 4.98 Å². The predicted octanol–water partition coefficient (Wildman–Crippen LogP) is 4.93. The van der Waals surface area contributed by atoms with Crippen molar-refractivity contribution in [3.05, 3.63) is 66.4 Å². The third kappa shape index (κ3) is 5.19. The zero-order chi connectivity index (χ0) is 23.9. The SMILES string of the molecule is COCCOc1cc2nccc(Oc3ccc4c(C(=O)O)cccc4c3)c2cc1OCCOC. The van der Waals surface area contributed by atoms with Crippen molar-refractivity contribution in [1.82, 2.24) is 4.98 Å². The Hall–Kier alpha value is -3.88. The summed E-state index contributed by atoms with van der Waals surface area (Å²) in [6, 6.07) is 15.9. The minimum atomic E-state index is -0.969. The van der Waals surface area contributed by atoms with Crippen molar-refractivity contribution < 1.29 is 33.6 Å². The van der Waals surface area contributed by atoms with E-state index in [-0.39, 0.29) is 5.56 Å². The average Bonchev–Trinajstić information content (AvgIpc) is 2.84. The van der Waals surface area contributed by atoms with E-state index in [1.54, 1.807) is 56.8 Å². The van der Waals surface area contributed by atoms with Gasteiger partial charge in [-0.25, -0.2) is 4.79 Å². The number of hydrogen-bond acceptors (Lipinski definition) is 7. The molecular formula is C26H25NO7. The number of carboxylic acids is 1. The van der Waals surface area contributed by atoms with Crippen molar-refractivity contribution in [3.8, 4) is 23.0 Å². The molecule has 0 radical (unpaired) electrons. The van der Waals surface area contributed by atoms with Gasteiger partial charge in [-0.2, -0.15) is 0 Å². The number of pyridine rings is 1. The molecule has 8 heteroatoms. The van der Waals surface area contributed by atoms with Crippen LogP contribution in [-0.4, -0.2) is 56.7 Å². The number of ether oxygens (including phenoxy) is 5. The van der Waals surface area contributed by atoms with Crippen LogP contribution in [0.3, 0.4) is 0 Å². The second kappa shape index (κ2) is 10.8. The largest absolute Gasteiger partial charge is 0.487 e. The fraction of sp³-hybridized carbons (Fsp3) is 0.231. The van der Waals surface area contributed by atoms with Gasteiger partial charge >= 0.3 is 5.97 Å². The highest BCUT2D eigenvalue weighted by molar-refractivity contribution is 6.04. The first-order chi connectivity index (χ1) is 16.6. The number of aromatic carboxylic acids is 1. The van der Waals surface area contributed by atoms with Gasteiger partial charge in [0.15, 0.2) is 11.5 Å². The molecule has 0 aliphatic heterocycles. The Morgan fingerprint density at radius 1 is 0.824 bits per heavy atom. The molecule has 4 aromatic rings. The molecule has 1 heterocycles. The van der Waals surface area contributed by atoms with Crippen LogP contribution in [-0.2, 0) is 9.47 Å². The molecule has 3 aromatic carbocycles. The topological polar surface area (TPSA) is 96.3 Å². The van der Waals surface area contributed by atoms with Crippen molar-refractivity contribution in [2.45, 2.75) is 0 Å². The van der Waals surface area contributed by atoms with Crippen molar-refractivity contribution in [3.63, 3.8) is 0 Å². The van der Waals surface area contributed by atoms with E-state index < -0.39 is 5.97 Å². The zero-order valence-electron chi connectivity index (χ0n) is 18.9. The number of rotatable bonds is 11. The molecule has 0 atom stereocenters. The molecule has 0 spiro atoms. The molecule has 0 saturated carbocycles. The maximum absolute atomic E-state index is 11.5. The number of benzene rings is 3. The lowest BCUT2D eigenvalue weighted by atomic mass is 10.0. The van der Waals surface area contributed by atoms with Crippen LogP contribution >= 0.6 is 0 Å². The first-order valence-electron chi connectivity index (χ1n) is 10.7. The summed E-state index contributed by atoms with van der Waals surface area (Å²) in [6.45, 7) is 1.60. The number of aromatic nitrogens is 1. The third-order valence-corrected chi connectivity index (χ3v) is 5.17. The lowest BCUT2D eigenvalue weighted by Gasteiger charge is -2.15. The van der Waals surface area contributed by atoms with Crippen LogP contribution in [0.1, 0.15) is 10.4 Å². The Morgan fingerprint density at radius 3 is 2.26 bits per heavy atom. The fourth-order valence-corrected chi connectivity index (χ4v) is 3.55. The Kier molecular flexibility index (Phi) is 7.41. The van der Waals surface area contributed by atoms with Crippen LogP contribution in [0.15, 0.2) is 60.8 Å². The number of nitrogens with zero attached hydrogens (tertiary/aromatic N) is 1. The van der Waals surface area contributed by atoms with E-state index in [9.17, 15) is 9.90 Å². The number of fused-ring (bicyclic) bond motifs is 2. The molecule has 0 aliphatic carbocycles. The van der Waals surface area contributed by atoms with E-state index >= 15 is 0 Å². The van der Waals surface area contributed by atoms with E-state index in [1.165, 1.54) is 0 Å². The molecule has 1 N–H and O–H groups in total. The number of methoxy groups -OCH3 is 2. The summed E-state index contributed by atoms with van der Waals surface area (Å²) in [4.78, 5) is 16.0. The van der Waals surface area contributed by atoms with E-state index in [0.29, 0.717) is 60.3 Å². The van der Waals surface area contributed by atoms with Gasteiger partial charge in [0.25, 0.3) is 0 Å². The summed E-state index contributed by atoms with van der Waals surface area (Å²) < 4.78 is 28.1. The standard InChI is InChI=1S/C26H25NO7/c1-30-10-12-32-24-15-21-22(16-25(24)33-13-11-31-2)27-9-8-23(21)34-18-6-7-19-17(14-18)4-3-5-20(19)26(28)29/h3-9,14-16H,10-13H2,1-2H3,(H,28,29). The molecule has 0 amide bonds. The van der Waals surface area contributed by atoms with Gasteiger partial charge in [-0.05, 0) is 47.2 Å². The summed E-state index contributed by atoms with van der Waals surface area (Å²) in [5.74, 6) is 1.29. The highest BCUT2D eigenvalue weighted by Gasteiger charge is 2.14. The molecule has 0 fully saturated rings. The maximum Gasteiger partial charge on any atom is 0.336 e. The molecule has 0 aliphatic rings. The van der Waals surface area contributed by atoms with Crippen LogP contribution in [0.25, 0.3) is 21.7 Å². The molecule has 8 nitrogen and oxygen atoms in total. The second-order valence-electron chi connectivity index (χ2n) is 7.40. The summed E-state index contributed by atoms with van der Waals surface area (Å²) >= 11 is 0. The normalized spacial score (nSPS) is 11.0. The van der Waals surface area contributed by atoms with Gasteiger partial charge in [0, 0.05) is 31.9 Å². The van der Waals surface area contributed by atoms with Crippen LogP contribution < -0.4 is 14.2 Å². The first-order valence-corrected chi connectivity index (χ1v) is 10.7. The first kappa shape index (κ1) is 23.3. The molecule has 176 valence electrons. The Labute approximate surface area is 196 Å². The smallest absolute Gasteiger partial charge is 0.336 e. The molecule has 0 unspecified atom stereocenters. The molecule has 1 aromatic heterocycles. The average molecular weight is 463 g/mol. The summed E-state index contributed by atoms with van der Waals surface area (Å²) in [7, 11) is 3.22. The van der Waals surface area contributed by atoms with E-state index in [1.807, 2.05) is 18.2 Å². The van der Waals surface area contributed by atoms with Gasteiger partial charge in [0.05, 0.1) is 24.3 Å². The van der Waals surface area contributed by atoms with Crippen molar-refractivity contribution >= 4 is 27.6 Å². The van der Waals surface area contributed by atoms with Gasteiger partial charge < -0.3 is 28.8 Å². The van der Waals surface area contributed by atoms with Gasteiger partial charge in [0.1, 0.15) is 24.7 Å². The molecule has 34 heavy (non-hydrogen) atoms. The minimum Gasteiger partial charge on any atom is -0.487 e. The lowest BCUT2D eigenvalue weighted by molar-refractivity contribution is 0.0699. The van der Waals surface area contributed by atoms with Crippen molar-refractivity contribution in [1.29, 1.82) is 0 Å². The maximum atomic E-state index is 11.5. The van der Waals surface area contributed by atoms with Crippen LogP contribution in [0.4, 0.5) is 0 Å². The Morgan fingerprint density at radius 2 is 1.56 bits per heavy atom. The predicted molar refractivity (Wildman–Crippen MR) is 127 cm³/mol. The second-order valence-corrected chi connectivity index (χ2v) is 7.40. The molecular weight excluding hydrogens is 438 g/mol. The molecule has 0 bridgehead atoms. The highest BCUT2D eigenvalue weighted by atomic mass is 16.5. The fourth-order valence-electron chi connectivity index (χ4n) is 3.55. The number of hydrogen-bond donors (Lipinski definition) is 1. The van der Waals surface area contributed by atoms with Crippen molar-refractivity contribution in [2.75, 3.05) is 40.6 Å². The van der Waals surface area contributed by atoms with Crippen LogP contribution in [0.5, 0.6) is 23.0 Å². The monoisotopic (exact) mass is 463 g/mol. The third-order valence-electron chi connectivity index (χ3n) is 5.17. The highest BCUT2D eigenvalue weighted by Crippen LogP contribution is 2.38. The van der Waals surface area contributed by atoms with E-state index in [0.717, 1.165) is 10.8 Å². The summed E-state index contributed by atoms with van der Waals surface area (Å²) in [5.41, 5.74) is 0.926.